The van der Waals surface area contributed by atoms with Crippen molar-refractivity contribution in [1.82, 2.24) is 4.90 Å². The number of methoxy groups -OCH3 is 2. The Balaban J connectivity index is 1.55. The zero-order chi connectivity index (χ0) is 31.0. The van der Waals surface area contributed by atoms with E-state index in [0.717, 1.165) is 10.5 Å². The number of anilines is 1. The molecule has 2 aliphatic carbocycles. The van der Waals surface area contributed by atoms with Gasteiger partial charge < -0.3 is 14.6 Å². The van der Waals surface area contributed by atoms with Crippen LogP contribution in [0.15, 0.2) is 54.6 Å². The second-order valence-corrected chi connectivity index (χ2v) is 12.8. The van der Waals surface area contributed by atoms with Crippen molar-refractivity contribution < 1.29 is 33.8 Å². The fourth-order valence-corrected chi connectivity index (χ4v) is 8.66. The number of allylic oxidation sites excluding steroid dienone is 2. The van der Waals surface area contributed by atoms with Gasteiger partial charge in [-0.2, -0.15) is 0 Å². The molecular weight excluding hydrogens is 663 g/mol. The molecule has 6 rings (SSSR count). The van der Waals surface area contributed by atoms with Crippen molar-refractivity contribution in [2.75, 3.05) is 24.6 Å². The smallest absolute Gasteiger partial charge is 0.254 e. The lowest BCUT2D eigenvalue weighted by Crippen LogP contribution is -2.60. The minimum atomic E-state index is -2.08. The maximum absolute atomic E-state index is 14.1. The Bertz CT molecular complexity index is 1630. The van der Waals surface area contributed by atoms with E-state index in [-0.39, 0.29) is 47.0 Å². The number of amides is 4. The van der Waals surface area contributed by atoms with Crippen LogP contribution in [0.5, 0.6) is 17.2 Å². The summed E-state index contributed by atoms with van der Waals surface area (Å²) in [5, 5.41) is 11.3. The van der Waals surface area contributed by atoms with Gasteiger partial charge in [-0.05, 0) is 36.5 Å². The van der Waals surface area contributed by atoms with Gasteiger partial charge in [-0.1, -0.05) is 52.4 Å². The van der Waals surface area contributed by atoms with Gasteiger partial charge >= 0.3 is 0 Å². The van der Waals surface area contributed by atoms with Crippen LogP contribution in [0.25, 0.3) is 6.08 Å². The second-order valence-electron chi connectivity index (χ2n) is 11.1. The number of fused-ring (bicyclic) bond motifs is 4. The molecule has 1 saturated carbocycles. The molecule has 224 valence electrons. The topological polar surface area (TPSA) is 113 Å². The summed E-state index contributed by atoms with van der Waals surface area (Å²) in [4.78, 5) is 53.7. The number of ether oxygens (including phenoxy) is 2. The second kappa shape index (κ2) is 10.4. The lowest BCUT2D eigenvalue weighted by Gasteiger charge is -2.51. The Morgan fingerprint density at radius 3 is 2.35 bits per heavy atom. The largest absolute Gasteiger partial charge is 0.507 e. The quantitative estimate of drug-likeness (QED) is 0.197. The molecule has 0 bridgehead atoms. The van der Waals surface area contributed by atoms with E-state index in [9.17, 15) is 24.3 Å². The Kier molecular flexibility index (Phi) is 7.18. The molecule has 2 heterocycles. The molecule has 2 aliphatic heterocycles. The summed E-state index contributed by atoms with van der Waals surface area (Å²) in [7, 11) is 2.81. The normalized spacial score (nSPS) is 31.4. The molecule has 0 spiro atoms. The van der Waals surface area contributed by atoms with E-state index in [1.807, 2.05) is 0 Å². The molecule has 43 heavy (non-hydrogen) atoms. The molecule has 3 fully saturated rings. The van der Waals surface area contributed by atoms with Gasteiger partial charge in [0.15, 0.2) is 9.75 Å². The fourth-order valence-electron chi connectivity index (χ4n) is 7.25. The summed E-state index contributed by atoms with van der Waals surface area (Å²) in [6, 6.07) is 9.77. The molecule has 0 radical (unpaired) electrons. The predicted molar refractivity (Wildman–Crippen MR) is 164 cm³/mol. The summed E-state index contributed by atoms with van der Waals surface area (Å²) in [6.07, 6.45) is 3.47. The Morgan fingerprint density at radius 2 is 1.74 bits per heavy atom. The van der Waals surface area contributed by atoms with Crippen LogP contribution >= 0.6 is 39.1 Å². The van der Waals surface area contributed by atoms with E-state index >= 15 is 0 Å². The molecule has 0 aromatic heterocycles. The van der Waals surface area contributed by atoms with Crippen LogP contribution in [0.3, 0.4) is 0 Å². The van der Waals surface area contributed by atoms with E-state index < -0.39 is 51.1 Å². The highest BCUT2D eigenvalue weighted by molar-refractivity contribution is 9.09. The molecule has 4 aliphatic rings. The van der Waals surface area contributed by atoms with E-state index in [1.54, 1.807) is 36.4 Å². The standard InChI is InChI=1S/C31H27BrCl2N2O7/c1-4-15-5-7-16(8-6-15)36-26(38)19-10-9-18-20(23(19)27(36)39)13-30(33)28(40)35(14-32)29(41)31(30,34)25(18)24-21(37)11-17(42-2)12-22(24)43-3/h4-9,11-12,19-20,23,25,37H,1,10,13-14H2,2-3H3. The van der Waals surface area contributed by atoms with Crippen LogP contribution in [-0.4, -0.2) is 63.1 Å². The highest BCUT2D eigenvalue weighted by Crippen LogP contribution is 2.67. The first kappa shape index (κ1) is 29.7. The lowest BCUT2D eigenvalue weighted by molar-refractivity contribution is -0.138. The van der Waals surface area contributed by atoms with Crippen LogP contribution in [0.1, 0.15) is 29.9 Å². The number of carbonyl (C=O) groups is 4. The zero-order valence-corrected chi connectivity index (χ0v) is 26.3. The van der Waals surface area contributed by atoms with Crippen LogP contribution in [0.2, 0.25) is 0 Å². The van der Waals surface area contributed by atoms with Gasteiger partial charge in [-0.15, -0.1) is 23.2 Å². The first-order valence-corrected chi connectivity index (χ1v) is 15.4. The van der Waals surface area contributed by atoms with Crippen molar-refractivity contribution in [3.63, 3.8) is 0 Å². The first-order valence-electron chi connectivity index (χ1n) is 13.5. The van der Waals surface area contributed by atoms with Crippen molar-refractivity contribution in [3.05, 3.63) is 65.8 Å². The number of imide groups is 2. The molecule has 1 N–H and O–H groups in total. The Hall–Kier alpha value is -3.34. The van der Waals surface area contributed by atoms with Crippen molar-refractivity contribution in [2.24, 2.45) is 17.8 Å². The number of alkyl halides is 3. The number of nitrogens with zero attached hydrogens (tertiary/aromatic N) is 2. The van der Waals surface area contributed by atoms with Crippen LogP contribution in [0.4, 0.5) is 5.69 Å². The summed E-state index contributed by atoms with van der Waals surface area (Å²) >= 11 is 17.7. The fraction of sp³-hybridized carbons (Fsp3) is 0.355. The van der Waals surface area contributed by atoms with E-state index in [2.05, 4.69) is 22.5 Å². The molecular formula is C31H27BrCl2N2O7. The van der Waals surface area contributed by atoms with Crippen molar-refractivity contribution in [2.45, 2.75) is 28.5 Å². The van der Waals surface area contributed by atoms with Crippen molar-refractivity contribution in [3.8, 4) is 17.2 Å². The SMILES string of the molecule is C=Cc1ccc(N2C(=O)C3CC=C4C(CC5(Cl)C(=O)N(CBr)C(=O)C5(Cl)C4c4c(O)cc(OC)cc4OC)C3C2=O)cc1. The third-order valence-corrected chi connectivity index (χ3v) is 11.2. The molecule has 2 aromatic rings. The average Bonchev–Trinajstić information content (AvgIpc) is 3.34. The van der Waals surface area contributed by atoms with Crippen molar-refractivity contribution >= 4 is 74.5 Å². The monoisotopic (exact) mass is 688 g/mol. The van der Waals surface area contributed by atoms with Crippen LogP contribution in [-0.2, 0) is 19.2 Å². The lowest BCUT2D eigenvalue weighted by atomic mass is 9.56. The highest BCUT2D eigenvalue weighted by atomic mass is 79.9. The summed E-state index contributed by atoms with van der Waals surface area (Å²) in [5.41, 5.74) is 1.75. The van der Waals surface area contributed by atoms with E-state index in [4.69, 9.17) is 32.7 Å². The number of phenolic OH excluding ortho intramolecular Hbond substituents is 1. The molecule has 2 aromatic carbocycles. The third-order valence-electron chi connectivity index (χ3n) is 9.24. The maximum atomic E-state index is 14.1. The summed E-state index contributed by atoms with van der Waals surface area (Å²) in [5.74, 6) is -5.64. The number of hydrogen-bond donors (Lipinski definition) is 1. The minimum absolute atomic E-state index is 0.129. The van der Waals surface area contributed by atoms with Crippen LogP contribution in [0, 0.1) is 17.8 Å². The first-order chi connectivity index (χ1) is 20.5. The number of benzene rings is 2. The molecule has 9 nitrogen and oxygen atoms in total. The molecule has 6 unspecified atom stereocenters. The van der Waals surface area contributed by atoms with Gasteiger partial charge in [-0.25, -0.2) is 0 Å². The summed E-state index contributed by atoms with van der Waals surface area (Å²) in [6.45, 7) is 3.74. The predicted octanol–water partition coefficient (Wildman–Crippen LogP) is 4.97. The van der Waals surface area contributed by atoms with Gasteiger partial charge in [0.25, 0.3) is 11.8 Å². The average molecular weight is 690 g/mol. The molecule has 6 atom stereocenters. The maximum Gasteiger partial charge on any atom is 0.254 e. The highest BCUT2D eigenvalue weighted by Gasteiger charge is 2.76. The van der Waals surface area contributed by atoms with E-state index in [0.29, 0.717) is 11.3 Å². The summed E-state index contributed by atoms with van der Waals surface area (Å²) < 4.78 is 10.9. The minimum Gasteiger partial charge on any atom is -0.507 e. The Morgan fingerprint density at radius 1 is 1.05 bits per heavy atom. The van der Waals surface area contributed by atoms with Gasteiger partial charge in [0.05, 0.1) is 37.2 Å². The number of phenols is 1. The van der Waals surface area contributed by atoms with Crippen molar-refractivity contribution in [1.29, 1.82) is 0 Å². The molecule has 4 amide bonds. The zero-order valence-electron chi connectivity index (χ0n) is 23.2. The van der Waals surface area contributed by atoms with Gasteiger partial charge in [0, 0.05) is 23.6 Å². The van der Waals surface area contributed by atoms with Gasteiger partial charge in [0.1, 0.15) is 17.2 Å². The third kappa shape index (κ3) is 3.88. The van der Waals surface area contributed by atoms with E-state index in [1.165, 1.54) is 31.3 Å². The molecule has 12 heteroatoms. The number of halogens is 3. The molecule has 2 saturated heterocycles. The number of aromatic hydroxyl groups is 1. The number of likely N-dealkylation sites (tertiary alicyclic amines) is 1. The van der Waals surface area contributed by atoms with Crippen LogP contribution < -0.4 is 14.4 Å². The van der Waals surface area contributed by atoms with Gasteiger partial charge in [-0.3, -0.25) is 29.0 Å². The van der Waals surface area contributed by atoms with Gasteiger partial charge in [0.2, 0.25) is 11.8 Å². The number of carbonyl (C=O) groups excluding carboxylic acids is 4. The number of hydrogen-bond acceptors (Lipinski definition) is 7. The number of rotatable bonds is 6. The Labute approximate surface area is 266 Å².